The molecule has 1 N–H and O–H groups in total. The molecule has 1 heterocycles. The van der Waals surface area contributed by atoms with Crippen molar-refractivity contribution in [3.8, 4) is 5.75 Å². The summed E-state index contributed by atoms with van der Waals surface area (Å²) in [6, 6.07) is 8.48. The van der Waals surface area contributed by atoms with Gasteiger partial charge in [0.15, 0.2) is 5.76 Å². The van der Waals surface area contributed by atoms with Gasteiger partial charge in [-0.2, -0.15) is 0 Å². The zero-order valence-corrected chi connectivity index (χ0v) is 15.2. The molecule has 2 aromatic rings. The third kappa shape index (κ3) is 5.44. The number of carbonyl (C=O) groups is 1. The van der Waals surface area contributed by atoms with Crippen LogP contribution in [0.4, 0.5) is 0 Å². The van der Waals surface area contributed by atoms with Gasteiger partial charge in [0.2, 0.25) is 0 Å². The highest BCUT2D eigenvalue weighted by molar-refractivity contribution is 6.42. The lowest BCUT2D eigenvalue weighted by molar-refractivity contribution is 0.0920. The first kappa shape index (κ1) is 18.6. The van der Waals surface area contributed by atoms with E-state index in [-0.39, 0.29) is 18.3 Å². The SMILES string of the molecule is CN(C)CCCNC(=O)c1ccc(COc2cccc(Cl)c2Cl)o1. The number of carbonyl (C=O) groups excluding carboxylic acids is 1. The molecule has 0 atom stereocenters. The first-order chi connectivity index (χ1) is 11.5. The normalized spacial score (nSPS) is 10.9. The predicted molar refractivity (Wildman–Crippen MR) is 95.0 cm³/mol. The summed E-state index contributed by atoms with van der Waals surface area (Å²) in [7, 11) is 3.99. The van der Waals surface area contributed by atoms with Crippen LogP contribution in [0.5, 0.6) is 5.75 Å². The number of hydrogen-bond acceptors (Lipinski definition) is 4. The standard InChI is InChI=1S/C17H20Cl2N2O3/c1-21(2)10-4-9-20-17(22)15-8-7-12(24-15)11-23-14-6-3-5-13(18)16(14)19/h3,5-8H,4,9-11H2,1-2H3,(H,20,22). The molecule has 0 aliphatic heterocycles. The van der Waals surface area contributed by atoms with E-state index in [4.69, 9.17) is 32.4 Å². The monoisotopic (exact) mass is 370 g/mol. The van der Waals surface area contributed by atoms with Crippen molar-refractivity contribution in [3.05, 3.63) is 51.9 Å². The van der Waals surface area contributed by atoms with E-state index in [1.807, 2.05) is 14.1 Å². The Bertz CT molecular complexity index is 686. The van der Waals surface area contributed by atoms with Gasteiger partial charge in [-0.25, -0.2) is 0 Å². The summed E-state index contributed by atoms with van der Waals surface area (Å²) in [4.78, 5) is 14.0. The highest BCUT2D eigenvalue weighted by Crippen LogP contribution is 2.32. The molecule has 0 saturated heterocycles. The van der Waals surface area contributed by atoms with Crippen LogP contribution in [-0.4, -0.2) is 38.0 Å². The molecule has 0 bridgehead atoms. The molecule has 0 aliphatic carbocycles. The maximum absolute atomic E-state index is 12.0. The quantitative estimate of drug-likeness (QED) is 0.717. The van der Waals surface area contributed by atoms with Crippen LogP contribution >= 0.6 is 23.2 Å². The Balaban J connectivity index is 1.84. The van der Waals surface area contributed by atoms with Crippen molar-refractivity contribution in [2.75, 3.05) is 27.2 Å². The van der Waals surface area contributed by atoms with Crippen LogP contribution in [0.1, 0.15) is 22.7 Å². The number of rotatable bonds is 8. The molecule has 130 valence electrons. The Morgan fingerprint density at radius 2 is 2.04 bits per heavy atom. The minimum absolute atomic E-state index is 0.161. The first-order valence-corrected chi connectivity index (χ1v) is 8.31. The number of hydrogen-bond donors (Lipinski definition) is 1. The average molecular weight is 371 g/mol. The fraction of sp³-hybridized carbons (Fsp3) is 0.353. The maximum Gasteiger partial charge on any atom is 0.286 e. The van der Waals surface area contributed by atoms with Crippen LogP contribution < -0.4 is 10.1 Å². The highest BCUT2D eigenvalue weighted by Gasteiger charge is 2.12. The predicted octanol–water partition coefficient (Wildman–Crippen LogP) is 3.85. The molecule has 0 aliphatic rings. The molecule has 0 unspecified atom stereocenters. The molecule has 0 spiro atoms. The molecule has 2 rings (SSSR count). The maximum atomic E-state index is 12.0. The lowest BCUT2D eigenvalue weighted by Crippen LogP contribution is -2.26. The second-order valence-electron chi connectivity index (χ2n) is 5.52. The molecular formula is C17H20Cl2N2O3. The van der Waals surface area contributed by atoms with Gasteiger partial charge in [0.25, 0.3) is 5.91 Å². The number of nitrogens with zero attached hydrogens (tertiary/aromatic N) is 1. The van der Waals surface area contributed by atoms with Gasteiger partial charge in [-0.3, -0.25) is 4.79 Å². The molecule has 7 heteroatoms. The van der Waals surface area contributed by atoms with E-state index in [2.05, 4.69) is 10.2 Å². The molecule has 24 heavy (non-hydrogen) atoms. The molecule has 0 fully saturated rings. The van der Waals surface area contributed by atoms with Crippen molar-refractivity contribution in [2.45, 2.75) is 13.0 Å². The summed E-state index contributed by atoms with van der Waals surface area (Å²) >= 11 is 12.0. The van der Waals surface area contributed by atoms with Gasteiger partial charge in [-0.05, 0) is 51.3 Å². The molecule has 0 radical (unpaired) electrons. The Hall–Kier alpha value is -1.69. The van der Waals surface area contributed by atoms with Gasteiger partial charge in [0, 0.05) is 6.54 Å². The van der Waals surface area contributed by atoms with Crippen molar-refractivity contribution in [2.24, 2.45) is 0 Å². The van der Waals surface area contributed by atoms with E-state index in [9.17, 15) is 4.79 Å². The van der Waals surface area contributed by atoms with E-state index >= 15 is 0 Å². The molecule has 1 amide bonds. The van der Waals surface area contributed by atoms with Gasteiger partial charge in [0.05, 0.1) is 5.02 Å². The van der Waals surface area contributed by atoms with Gasteiger partial charge in [-0.1, -0.05) is 29.3 Å². The summed E-state index contributed by atoms with van der Waals surface area (Å²) in [5.41, 5.74) is 0. The van der Waals surface area contributed by atoms with Crippen LogP contribution in [-0.2, 0) is 6.61 Å². The van der Waals surface area contributed by atoms with E-state index < -0.39 is 0 Å². The number of amides is 1. The third-order valence-electron chi connectivity index (χ3n) is 3.24. The van der Waals surface area contributed by atoms with E-state index in [1.165, 1.54) is 0 Å². The van der Waals surface area contributed by atoms with Crippen LogP contribution in [0.15, 0.2) is 34.7 Å². The minimum atomic E-state index is -0.235. The lowest BCUT2D eigenvalue weighted by Gasteiger charge is -2.09. The lowest BCUT2D eigenvalue weighted by atomic mass is 10.3. The van der Waals surface area contributed by atoms with Crippen molar-refractivity contribution in [3.63, 3.8) is 0 Å². The number of furan rings is 1. The van der Waals surface area contributed by atoms with Crippen molar-refractivity contribution in [1.82, 2.24) is 10.2 Å². The summed E-state index contributed by atoms with van der Waals surface area (Å²) in [5.74, 6) is 1.02. The second kappa shape index (κ2) is 8.97. The Morgan fingerprint density at radius 3 is 2.79 bits per heavy atom. The van der Waals surface area contributed by atoms with Crippen molar-refractivity contribution < 1.29 is 13.9 Å². The average Bonchev–Trinajstić information content (AvgIpc) is 3.01. The highest BCUT2D eigenvalue weighted by atomic mass is 35.5. The summed E-state index contributed by atoms with van der Waals surface area (Å²) in [6.45, 7) is 1.67. The Kier molecular flexibility index (Phi) is 6.97. The fourth-order valence-electron chi connectivity index (χ4n) is 2.01. The third-order valence-corrected chi connectivity index (χ3v) is 4.04. The molecule has 0 saturated carbocycles. The molecule has 1 aromatic carbocycles. The zero-order chi connectivity index (χ0) is 17.5. The largest absolute Gasteiger partial charge is 0.484 e. The first-order valence-electron chi connectivity index (χ1n) is 7.56. The summed E-state index contributed by atoms with van der Waals surface area (Å²) in [5, 5.41) is 3.59. The van der Waals surface area contributed by atoms with Crippen molar-refractivity contribution in [1.29, 1.82) is 0 Å². The van der Waals surface area contributed by atoms with E-state index in [0.29, 0.717) is 28.1 Å². The fourth-order valence-corrected chi connectivity index (χ4v) is 2.35. The van der Waals surface area contributed by atoms with E-state index in [0.717, 1.165) is 13.0 Å². The number of nitrogens with one attached hydrogen (secondary N) is 1. The topological polar surface area (TPSA) is 54.7 Å². The van der Waals surface area contributed by atoms with Crippen LogP contribution in [0, 0.1) is 0 Å². The van der Waals surface area contributed by atoms with Gasteiger partial charge >= 0.3 is 0 Å². The zero-order valence-electron chi connectivity index (χ0n) is 13.6. The van der Waals surface area contributed by atoms with Crippen molar-refractivity contribution >= 4 is 29.1 Å². The van der Waals surface area contributed by atoms with Gasteiger partial charge in [-0.15, -0.1) is 0 Å². The van der Waals surface area contributed by atoms with Gasteiger partial charge in [0.1, 0.15) is 23.1 Å². The Labute approximate surface area is 151 Å². The number of benzene rings is 1. The molecule has 1 aromatic heterocycles. The molecule has 5 nitrogen and oxygen atoms in total. The summed E-state index contributed by atoms with van der Waals surface area (Å²) in [6.07, 6.45) is 0.878. The van der Waals surface area contributed by atoms with Crippen LogP contribution in [0.2, 0.25) is 10.0 Å². The van der Waals surface area contributed by atoms with Crippen LogP contribution in [0.25, 0.3) is 0 Å². The van der Waals surface area contributed by atoms with Crippen LogP contribution in [0.3, 0.4) is 0 Å². The number of halogens is 2. The molecular weight excluding hydrogens is 351 g/mol. The number of ether oxygens (including phenoxy) is 1. The van der Waals surface area contributed by atoms with E-state index in [1.54, 1.807) is 30.3 Å². The smallest absolute Gasteiger partial charge is 0.286 e. The van der Waals surface area contributed by atoms with Gasteiger partial charge < -0.3 is 19.4 Å². The Morgan fingerprint density at radius 1 is 1.25 bits per heavy atom. The second-order valence-corrected chi connectivity index (χ2v) is 6.30. The minimum Gasteiger partial charge on any atom is -0.484 e. The summed E-state index contributed by atoms with van der Waals surface area (Å²) < 4.78 is 11.1.